The minimum absolute atomic E-state index is 0.0283. The molecule has 8 nitrogen and oxygen atoms in total. The van der Waals surface area contributed by atoms with Gasteiger partial charge in [0.1, 0.15) is 0 Å². The third-order valence-electron chi connectivity index (χ3n) is 7.77. The van der Waals surface area contributed by atoms with E-state index >= 15 is 0 Å². The van der Waals surface area contributed by atoms with Crippen LogP contribution in [0.5, 0.6) is 0 Å². The van der Waals surface area contributed by atoms with Crippen molar-refractivity contribution in [3.63, 3.8) is 0 Å². The van der Waals surface area contributed by atoms with Gasteiger partial charge in [0.15, 0.2) is 6.61 Å². The van der Waals surface area contributed by atoms with Crippen LogP contribution >= 0.6 is 0 Å². The highest BCUT2D eigenvalue weighted by Crippen LogP contribution is 2.31. The first-order valence-electron chi connectivity index (χ1n) is 13.9. The maximum atomic E-state index is 13.3. The fourth-order valence-electron chi connectivity index (χ4n) is 5.52. The van der Waals surface area contributed by atoms with Gasteiger partial charge in [-0.05, 0) is 67.2 Å². The predicted molar refractivity (Wildman–Crippen MR) is 149 cm³/mol. The molecule has 1 fully saturated rings. The minimum atomic E-state index is -0.738. The van der Waals surface area contributed by atoms with Gasteiger partial charge in [0.25, 0.3) is 5.91 Å². The first kappa shape index (κ1) is 28.3. The van der Waals surface area contributed by atoms with Crippen LogP contribution in [0.4, 0.5) is 0 Å². The number of hydrogen-bond acceptors (Lipinski definition) is 5. The van der Waals surface area contributed by atoms with E-state index in [0.29, 0.717) is 24.8 Å². The standard InChI is InChI=1S/C31H39N3O5/c1-20(2)28(29(36)32-26-15-11-22(12-16-26)17-21(3)31(37)38)24-13-9-23(10-14-24)18-34-27(35)19-39-30(33-34)25-7-5-4-6-8-25/h4-10,13-14,20-22,26,28H,11-12,15-19H2,1-3H3,(H,32,36)(H,37,38)/t21?,22-,26-,28?. The quantitative estimate of drug-likeness (QED) is 0.450. The average molecular weight is 534 g/mol. The largest absolute Gasteiger partial charge is 0.481 e. The molecule has 2 atom stereocenters. The van der Waals surface area contributed by atoms with Crippen molar-refractivity contribution < 1.29 is 24.2 Å². The molecule has 2 unspecified atom stereocenters. The predicted octanol–water partition coefficient (Wildman–Crippen LogP) is 4.93. The number of hydrogen-bond donors (Lipinski definition) is 2. The molecule has 0 spiro atoms. The SMILES string of the molecule is CC(C[C@H]1CC[C@H](NC(=O)C(c2ccc(CN3N=C(c4ccccc4)OCC3=O)cc2)C(C)C)CC1)C(=O)O. The zero-order valence-electron chi connectivity index (χ0n) is 23.0. The van der Waals surface area contributed by atoms with Gasteiger partial charge in [-0.2, -0.15) is 0 Å². The van der Waals surface area contributed by atoms with Gasteiger partial charge in [-0.3, -0.25) is 14.4 Å². The Kier molecular flexibility index (Phi) is 9.38. The van der Waals surface area contributed by atoms with Crippen LogP contribution in [-0.4, -0.2) is 46.4 Å². The van der Waals surface area contributed by atoms with Crippen molar-refractivity contribution in [3.8, 4) is 0 Å². The average Bonchev–Trinajstić information content (AvgIpc) is 2.92. The summed E-state index contributed by atoms with van der Waals surface area (Å²) in [6.07, 6.45) is 4.35. The summed E-state index contributed by atoms with van der Waals surface area (Å²) in [6.45, 7) is 6.13. The van der Waals surface area contributed by atoms with Gasteiger partial charge in [-0.1, -0.05) is 63.2 Å². The molecule has 1 aliphatic heterocycles. The molecular weight excluding hydrogens is 494 g/mol. The number of carboxylic acid groups (broad SMARTS) is 1. The maximum Gasteiger partial charge on any atom is 0.306 e. The summed E-state index contributed by atoms with van der Waals surface area (Å²) in [7, 11) is 0. The van der Waals surface area contributed by atoms with Crippen molar-refractivity contribution in [3.05, 3.63) is 71.3 Å². The van der Waals surface area contributed by atoms with Crippen LogP contribution in [-0.2, 0) is 25.7 Å². The molecule has 0 aromatic heterocycles. The Morgan fingerprint density at radius 1 is 1.03 bits per heavy atom. The van der Waals surface area contributed by atoms with Crippen molar-refractivity contribution in [2.75, 3.05) is 6.61 Å². The highest BCUT2D eigenvalue weighted by Gasteiger charge is 2.30. The topological polar surface area (TPSA) is 108 Å². The Morgan fingerprint density at radius 3 is 2.31 bits per heavy atom. The number of benzene rings is 2. The number of aliphatic carboxylic acids is 1. The number of amides is 2. The second-order valence-electron chi connectivity index (χ2n) is 11.2. The molecule has 2 amide bonds. The Balaban J connectivity index is 1.36. The number of nitrogens with zero attached hydrogens (tertiary/aromatic N) is 2. The lowest BCUT2D eigenvalue weighted by molar-refractivity contribution is -0.141. The van der Waals surface area contributed by atoms with E-state index in [0.717, 1.165) is 42.4 Å². The maximum absolute atomic E-state index is 13.3. The molecule has 0 bridgehead atoms. The summed E-state index contributed by atoms with van der Waals surface area (Å²) in [4.78, 5) is 37.0. The lowest BCUT2D eigenvalue weighted by Gasteiger charge is -2.31. The van der Waals surface area contributed by atoms with E-state index in [2.05, 4.69) is 24.3 Å². The smallest absolute Gasteiger partial charge is 0.306 e. The number of ether oxygens (including phenoxy) is 1. The summed E-state index contributed by atoms with van der Waals surface area (Å²) >= 11 is 0. The van der Waals surface area contributed by atoms with Gasteiger partial charge in [-0.25, -0.2) is 5.01 Å². The second kappa shape index (κ2) is 12.9. The normalized spacial score (nSPS) is 21.1. The first-order valence-corrected chi connectivity index (χ1v) is 13.9. The van der Waals surface area contributed by atoms with Crippen molar-refractivity contribution >= 4 is 23.7 Å². The molecule has 0 saturated heterocycles. The van der Waals surface area contributed by atoms with Crippen LogP contribution in [0, 0.1) is 17.8 Å². The molecule has 4 rings (SSSR count). The van der Waals surface area contributed by atoms with E-state index in [9.17, 15) is 19.5 Å². The van der Waals surface area contributed by atoms with Crippen LogP contribution in [0.1, 0.15) is 75.5 Å². The van der Waals surface area contributed by atoms with Crippen LogP contribution < -0.4 is 5.32 Å². The molecule has 2 aromatic carbocycles. The molecule has 39 heavy (non-hydrogen) atoms. The van der Waals surface area contributed by atoms with Crippen molar-refractivity contribution in [1.29, 1.82) is 0 Å². The summed E-state index contributed by atoms with van der Waals surface area (Å²) in [5.74, 6) is -0.575. The molecular formula is C31H39N3O5. The molecule has 2 aliphatic rings. The highest BCUT2D eigenvalue weighted by atomic mass is 16.5. The number of carbonyl (C=O) groups excluding carboxylic acids is 2. The van der Waals surface area contributed by atoms with Gasteiger partial charge in [0, 0.05) is 11.6 Å². The van der Waals surface area contributed by atoms with Gasteiger partial charge in [0.05, 0.1) is 18.4 Å². The Labute approximate surface area is 230 Å². The van der Waals surface area contributed by atoms with Crippen LogP contribution in [0.2, 0.25) is 0 Å². The fraction of sp³-hybridized carbons (Fsp3) is 0.484. The van der Waals surface area contributed by atoms with Crippen LogP contribution in [0.15, 0.2) is 59.7 Å². The molecule has 2 aromatic rings. The minimum Gasteiger partial charge on any atom is -0.481 e. The van der Waals surface area contributed by atoms with E-state index in [4.69, 9.17) is 4.74 Å². The Morgan fingerprint density at radius 2 is 1.69 bits per heavy atom. The number of carbonyl (C=O) groups is 3. The number of carboxylic acids is 1. The number of nitrogens with one attached hydrogen (secondary N) is 1. The van der Waals surface area contributed by atoms with Crippen LogP contribution in [0.3, 0.4) is 0 Å². The molecule has 0 radical (unpaired) electrons. The molecule has 8 heteroatoms. The highest BCUT2D eigenvalue weighted by molar-refractivity contribution is 5.97. The van der Waals surface area contributed by atoms with Gasteiger partial charge >= 0.3 is 5.97 Å². The molecule has 1 aliphatic carbocycles. The summed E-state index contributed by atoms with van der Waals surface area (Å²) in [5.41, 5.74) is 2.68. The van der Waals surface area contributed by atoms with Crippen molar-refractivity contribution in [2.45, 2.75) is 71.4 Å². The number of rotatable bonds is 10. The van der Waals surface area contributed by atoms with Crippen molar-refractivity contribution in [2.24, 2.45) is 22.9 Å². The van der Waals surface area contributed by atoms with E-state index in [1.165, 1.54) is 5.01 Å². The Bertz CT molecular complexity index is 1170. The van der Waals surface area contributed by atoms with E-state index in [1.54, 1.807) is 6.92 Å². The van der Waals surface area contributed by atoms with Gasteiger partial charge in [0.2, 0.25) is 11.8 Å². The molecule has 1 heterocycles. The monoisotopic (exact) mass is 533 g/mol. The molecule has 1 saturated carbocycles. The lowest BCUT2D eigenvalue weighted by Crippen LogP contribution is -2.41. The number of hydrazone groups is 1. The zero-order valence-corrected chi connectivity index (χ0v) is 23.0. The van der Waals surface area contributed by atoms with Crippen LogP contribution in [0.25, 0.3) is 0 Å². The molecule has 2 N–H and O–H groups in total. The van der Waals surface area contributed by atoms with E-state index < -0.39 is 5.97 Å². The molecule has 208 valence electrons. The Hall–Kier alpha value is -3.68. The summed E-state index contributed by atoms with van der Waals surface area (Å²) in [6, 6.07) is 17.5. The summed E-state index contributed by atoms with van der Waals surface area (Å²) in [5, 5.41) is 18.3. The van der Waals surface area contributed by atoms with Gasteiger partial charge in [-0.15, -0.1) is 5.10 Å². The van der Waals surface area contributed by atoms with E-state index in [-0.39, 0.29) is 42.2 Å². The van der Waals surface area contributed by atoms with Crippen molar-refractivity contribution in [1.82, 2.24) is 10.3 Å². The summed E-state index contributed by atoms with van der Waals surface area (Å²) < 4.78 is 5.53. The fourth-order valence-corrected chi connectivity index (χ4v) is 5.52. The third kappa shape index (κ3) is 7.46. The first-order chi connectivity index (χ1) is 18.7. The third-order valence-corrected chi connectivity index (χ3v) is 7.77. The zero-order chi connectivity index (χ0) is 27.9. The second-order valence-corrected chi connectivity index (χ2v) is 11.2. The van der Waals surface area contributed by atoms with E-state index in [1.807, 2.05) is 54.6 Å². The lowest BCUT2D eigenvalue weighted by atomic mass is 9.80. The van der Waals surface area contributed by atoms with Gasteiger partial charge < -0.3 is 15.2 Å².